The van der Waals surface area contributed by atoms with Gasteiger partial charge in [-0.15, -0.1) is 0 Å². The smallest absolute Gasteiger partial charge is 0.377 e. The minimum atomic E-state index is -4.45. The second-order valence-corrected chi connectivity index (χ2v) is 7.67. The number of alkyl halides is 3. The Kier molecular flexibility index (Phi) is 4.98. The standard InChI is InChI=1S/C17H15ClF3N3OS/c1-24(2)15-5-3-4-12(18)11(15)9-26(25)16-22-13-7-6-10(17(19,20)21)8-14(13)23-16/h3-8H,9H2,1-2H3,(H,22,23). The predicted octanol–water partition coefficient (Wildman–Crippen LogP) is 4.61. The molecule has 0 saturated heterocycles. The molecule has 3 aromatic rings. The fraction of sp³-hybridized carbons (Fsp3) is 0.235. The Balaban J connectivity index is 1.94. The van der Waals surface area contributed by atoms with Gasteiger partial charge in [0.05, 0.1) is 33.1 Å². The van der Waals surface area contributed by atoms with Gasteiger partial charge in [0.25, 0.3) is 0 Å². The van der Waals surface area contributed by atoms with Gasteiger partial charge < -0.3 is 9.88 Å². The lowest BCUT2D eigenvalue weighted by Gasteiger charge is -2.18. The van der Waals surface area contributed by atoms with Gasteiger partial charge in [-0.1, -0.05) is 17.7 Å². The van der Waals surface area contributed by atoms with Crippen molar-refractivity contribution in [1.29, 1.82) is 0 Å². The van der Waals surface area contributed by atoms with Gasteiger partial charge in [0, 0.05) is 30.4 Å². The molecule has 26 heavy (non-hydrogen) atoms. The van der Waals surface area contributed by atoms with Gasteiger partial charge in [-0.25, -0.2) is 4.98 Å². The number of nitrogens with one attached hydrogen (secondary N) is 1. The van der Waals surface area contributed by atoms with Crippen LogP contribution in [-0.2, 0) is 22.7 Å². The lowest BCUT2D eigenvalue weighted by molar-refractivity contribution is -0.137. The lowest BCUT2D eigenvalue weighted by Crippen LogP contribution is -2.12. The average molecular weight is 402 g/mol. The van der Waals surface area contributed by atoms with E-state index < -0.39 is 22.5 Å². The van der Waals surface area contributed by atoms with Crippen LogP contribution in [0.5, 0.6) is 0 Å². The van der Waals surface area contributed by atoms with Crippen LogP contribution in [0, 0.1) is 0 Å². The summed E-state index contributed by atoms with van der Waals surface area (Å²) in [4.78, 5) is 8.74. The van der Waals surface area contributed by atoms with Crippen LogP contribution in [0.1, 0.15) is 11.1 Å². The molecule has 4 nitrogen and oxygen atoms in total. The summed E-state index contributed by atoms with van der Waals surface area (Å²) in [6, 6.07) is 8.53. The van der Waals surface area contributed by atoms with Crippen LogP contribution in [0.2, 0.25) is 5.02 Å². The SMILES string of the molecule is CN(C)c1cccc(Cl)c1CS(=O)c1nc2ccc(C(F)(F)F)cc2[nH]1. The number of halogens is 4. The van der Waals surface area contributed by atoms with Gasteiger partial charge in [0.1, 0.15) is 0 Å². The number of H-pyrrole nitrogens is 1. The van der Waals surface area contributed by atoms with Crippen LogP contribution in [0.3, 0.4) is 0 Å². The molecule has 3 rings (SSSR count). The molecule has 0 saturated carbocycles. The van der Waals surface area contributed by atoms with Gasteiger partial charge in [0.15, 0.2) is 5.16 Å². The minimum absolute atomic E-state index is 0.0964. The van der Waals surface area contributed by atoms with Crippen LogP contribution < -0.4 is 4.90 Å². The highest BCUT2D eigenvalue weighted by atomic mass is 35.5. The molecule has 1 N–H and O–H groups in total. The summed E-state index contributed by atoms with van der Waals surface area (Å²) in [6.45, 7) is 0. The molecular weight excluding hydrogens is 387 g/mol. The van der Waals surface area contributed by atoms with Gasteiger partial charge in [0.2, 0.25) is 0 Å². The number of anilines is 1. The first kappa shape index (κ1) is 18.7. The monoisotopic (exact) mass is 401 g/mol. The van der Waals surface area contributed by atoms with E-state index >= 15 is 0 Å². The number of imidazole rings is 1. The topological polar surface area (TPSA) is 49.0 Å². The Bertz CT molecular complexity index is 985. The zero-order valence-electron chi connectivity index (χ0n) is 13.9. The van der Waals surface area contributed by atoms with Crippen LogP contribution in [0.4, 0.5) is 18.9 Å². The summed E-state index contributed by atoms with van der Waals surface area (Å²) >= 11 is 6.24. The molecule has 0 amide bonds. The number of aromatic amines is 1. The second-order valence-electron chi connectivity index (χ2n) is 5.89. The third-order valence-electron chi connectivity index (χ3n) is 3.85. The second kappa shape index (κ2) is 6.92. The zero-order valence-corrected chi connectivity index (χ0v) is 15.5. The average Bonchev–Trinajstić information content (AvgIpc) is 2.98. The summed E-state index contributed by atoms with van der Waals surface area (Å²) in [5, 5.41) is 0.587. The molecule has 1 heterocycles. The van der Waals surface area contributed by atoms with Crippen molar-refractivity contribution in [2.24, 2.45) is 0 Å². The molecule has 2 aromatic carbocycles. The summed E-state index contributed by atoms with van der Waals surface area (Å²) in [6.07, 6.45) is -4.45. The molecule has 0 fully saturated rings. The van der Waals surface area contributed by atoms with Crippen molar-refractivity contribution in [3.63, 3.8) is 0 Å². The first-order chi connectivity index (χ1) is 12.2. The van der Waals surface area contributed by atoms with E-state index in [1.165, 1.54) is 6.07 Å². The normalized spacial score (nSPS) is 13.2. The molecule has 1 atom stereocenters. The molecule has 1 aromatic heterocycles. The van der Waals surface area contributed by atoms with Crippen LogP contribution in [0.15, 0.2) is 41.6 Å². The van der Waals surface area contributed by atoms with Crippen LogP contribution in [-0.4, -0.2) is 28.3 Å². The molecular formula is C17H15ClF3N3OS. The molecule has 0 spiro atoms. The number of hydrogen-bond acceptors (Lipinski definition) is 3. The van der Waals surface area contributed by atoms with Gasteiger partial charge in [-0.2, -0.15) is 13.2 Å². The number of fused-ring (bicyclic) bond motifs is 1. The van der Waals surface area contributed by atoms with E-state index in [0.717, 1.165) is 17.8 Å². The van der Waals surface area contributed by atoms with E-state index in [1.807, 2.05) is 25.1 Å². The number of aromatic nitrogens is 2. The van der Waals surface area contributed by atoms with Crippen molar-refractivity contribution in [3.8, 4) is 0 Å². The van der Waals surface area contributed by atoms with Crippen molar-refractivity contribution >= 4 is 39.1 Å². The Morgan fingerprint density at radius 1 is 1.23 bits per heavy atom. The Hall–Kier alpha value is -2.06. The Morgan fingerprint density at radius 2 is 1.96 bits per heavy atom. The summed E-state index contributed by atoms with van der Waals surface area (Å²) in [7, 11) is 2.10. The van der Waals surface area contributed by atoms with Crippen molar-refractivity contribution in [2.45, 2.75) is 17.1 Å². The molecule has 0 bridgehead atoms. The predicted molar refractivity (Wildman–Crippen MR) is 97.0 cm³/mol. The fourth-order valence-electron chi connectivity index (χ4n) is 2.58. The third-order valence-corrected chi connectivity index (χ3v) is 5.38. The lowest BCUT2D eigenvalue weighted by atomic mass is 10.2. The fourth-order valence-corrected chi connectivity index (χ4v) is 4.02. The summed E-state index contributed by atoms with van der Waals surface area (Å²) < 4.78 is 51.2. The van der Waals surface area contributed by atoms with E-state index in [1.54, 1.807) is 12.1 Å². The molecule has 9 heteroatoms. The van der Waals surface area contributed by atoms with Crippen LogP contribution in [0.25, 0.3) is 11.0 Å². The maximum absolute atomic E-state index is 12.8. The van der Waals surface area contributed by atoms with E-state index in [9.17, 15) is 17.4 Å². The number of rotatable bonds is 4. The van der Waals surface area contributed by atoms with Gasteiger partial charge >= 0.3 is 6.18 Å². The molecule has 0 aliphatic heterocycles. The van der Waals surface area contributed by atoms with Crippen LogP contribution >= 0.6 is 11.6 Å². The highest BCUT2D eigenvalue weighted by molar-refractivity contribution is 7.84. The highest BCUT2D eigenvalue weighted by Gasteiger charge is 2.30. The maximum Gasteiger partial charge on any atom is 0.416 e. The highest BCUT2D eigenvalue weighted by Crippen LogP contribution is 2.32. The van der Waals surface area contributed by atoms with Crippen molar-refractivity contribution in [1.82, 2.24) is 9.97 Å². The van der Waals surface area contributed by atoms with E-state index in [-0.39, 0.29) is 16.4 Å². The van der Waals surface area contributed by atoms with E-state index in [4.69, 9.17) is 11.6 Å². The Morgan fingerprint density at radius 3 is 2.62 bits per heavy atom. The maximum atomic E-state index is 12.8. The number of hydrogen-bond donors (Lipinski definition) is 1. The first-order valence-corrected chi connectivity index (χ1v) is 9.26. The quantitative estimate of drug-likeness (QED) is 0.694. The zero-order chi connectivity index (χ0) is 19.1. The van der Waals surface area contributed by atoms with Gasteiger partial charge in [-0.3, -0.25) is 4.21 Å². The third kappa shape index (κ3) is 3.71. The summed E-state index contributed by atoms with van der Waals surface area (Å²) in [5.74, 6) is 0.0964. The van der Waals surface area contributed by atoms with E-state index in [2.05, 4.69) is 9.97 Å². The molecule has 0 aliphatic carbocycles. The minimum Gasteiger partial charge on any atom is -0.377 e. The molecule has 138 valence electrons. The summed E-state index contributed by atoms with van der Waals surface area (Å²) in [5.41, 5.74) is 1.24. The molecule has 0 aliphatic rings. The van der Waals surface area contributed by atoms with Crippen molar-refractivity contribution in [2.75, 3.05) is 19.0 Å². The Labute approximate surface area is 155 Å². The largest absolute Gasteiger partial charge is 0.416 e. The number of nitrogens with zero attached hydrogens (tertiary/aromatic N) is 2. The van der Waals surface area contributed by atoms with Crippen molar-refractivity contribution < 1.29 is 17.4 Å². The molecule has 1 unspecified atom stereocenters. The van der Waals surface area contributed by atoms with Gasteiger partial charge in [-0.05, 0) is 30.3 Å². The number of benzene rings is 2. The first-order valence-electron chi connectivity index (χ1n) is 7.57. The van der Waals surface area contributed by atoms with E-state index in [0.29, 0.717) is 16.1 Å². The molecule has 0 radical (unpaired) electrons. The van der Waals surface area contributed by atoms with Crippen molar-refractivity contribution in [3.05, 3.63) is 52.5 Å².